The molecule has 0 N–H and O–H groups in total. The number of hydrogen-bond acceptors (Lipinski definition) is 4. The maximum absolute atomic E-state index is 5.39. The van der Waals surface area contributed by atoms with Crippen molar-refractivity contribution in [3.8, 4) is 0 Å². The molecule has 0 heterocycles. The van der Waals surface area contributed by atoms with E-state index >= 15 is 0 Å². The van der Waals surface area contributed by atoms with Gasteiger partial charge in [-0.2, -0.15) is 0 Å². The lowest BCUT2D eigenvalue weighted by Crippen LogP contribution is -2.46. The Morgan fingerprint density at radius 3 is 1.69 bits per heavy atom. The highest BCUT2D eigenvalue weighted by Crippen LogP contribution is 2.16. The molecule has 0 radical (unpaired) electrons. The zero-order valence-electron chi connectivity index (χ0n) is 11.8. The Morgan fingerprint density at radius 2 is 1.38 bits per heavy atom. The molecule has 0 aromatic carbocycles. The summed E-state index contributed by atoms with van der Waals surface area (Å²) >= 11 is 0. The molecule has 0 bridgehead atoms. The SMILES string of the molecule is CO[Si](CCCN(C)[Si](C)(C)C)(OC)OC. The van der Waals surface area contributed by atoms with Gasteiger partial charge in [0.2, 0.25) is 0 Å². The van der Waals surface area contributed by atoms with Crippen LogP contribution < -0.4 is 0 Å². The van der Waals surface area contributed by atoms with E-state index in [2.05, 4.69) is 31.3 Å². The van der Waals surface area contributed by atoms with Crippen molar-refractivity contribution in [3.63, 3.8) is 0 Å². The lowest BCUT2D eigenvalue weighted by atomic mass is 10.5. The second-order valence-electron chi connectivity index (χ2n) is 4.99. The van der Waals surface area contributed by atoms with Crippen LogP contribution in [0.2, 0.25) is 25.7 Å². The normalized spacial score (nSPS) is 13.5. The fraction of sp³-hybridized carbons (Fsp3) is 1.00. The van der Waals surface area contributed by atoms with Gasteiger partial charge in [0, 0.05) is 27.4 Å². The van der Waals surface area contributed by atoms with Crippen LogP contribution in [-0.2, 0) is 13.3 Å². The molecule has 0 aliphatic carbocycles. The first-order chi connectivity index (χ1) is 7.31. The van der Waals surface area contributed by atoms with Crippen LogP contribution in [0.25, 0.3) is 0 Å². The van der Waals surface area contributed by atoms with Gasteiger partial charge in [0.15, 0.2) is 0 Å². The molecule has 0 saturated heterocycles. The Balaban J connectivity index is 4.05. The lowest BCUT2D eigenvalue weighted by Gasteiger charge is -2.31. The average molecular weight is 266 g/mol. The van der Waals surface area contributed by atoms with E-state index < -0.39 is 17.0 Å². The van der Waals surface area contributed by atoms with Crippen molar-refractivity contribution in [3.05, 3.63) is 0 Å². The molecule has 0 rings (SSSR count). The van der Waals surface area contributed by atoms with Crippen LogP contribution >= 0.6 is 0 Å². The van der Waals surface area contributed by atoms with E-state index in [4.69, 9.17) is 13.3 Å². The molecule has 0 aromatic rings. The van der Waals surface area contributed by atoms with Gasteiger partial charge < -0.3 is 17.8 Å². The molecular formula is C10H27NO3Si2. The fourth-order valence-corrected chi connectivity index (χ4v) is 3.96. The summed E-state index contributed by atoms with van der Waals surface area (Å²) in [4.78, 5) is 0. The topological polar surface area (TPSA) is 30.9 Å². The molecular weight excluding hydrogens is 238 g/mol. The summed E-state index contributed by atoms with van der Waals surface area (Å²) in [6.45, 7) is 8.13. The summed E-state index contributed by atoms with van der Waals surface area (Å²) in [6.07, 6.45) is 1.06. The van der Waals surface area contributed by atoms with Gasteiger partial charge in [-0.05, 0) is 20.0 Å². The highest BCUT2D eigenvalue weighted by atomic mass is 28.4. The largest absolute Gasteiger partial charge is 0.500 e. The summed E-state index contributed by atoms with van der Waals surface area (Å²) in [7, 11) is 3.68. The Morgan fingerprint density at radius 1 is 0.938 bits per heavy atom. The maximum atomic E-state index is 5.39. The van der Waals surface area contributed by atoms with Crippen molar-refractivity contribution in [2.75, 3.05) is 34.9 Å². The van der Waals surface area contributed by atoms with Gasteiger partial charge in [-0.25, -0.2) is 0 Å². The van der Waals surface area contributed by atoms with Crippen molar-refractivity contribution in [1.29, 1.82) is 0 Å². The summed E-state index contributed by atoms with van der Waals surface area (Å²) in [5.74, 6) is 0. The van der Waals surface area contributed by atoms with Gasteiger partial charge in [0.05, 0.1) is 0 Å². The highest BCUT2D eigenvalue weighted by Gasteiger charge is 2.37. The molecule has 4 nitrogen and oxygen atoms in total. The first-order valence-electron chi connectivity index (χ1n) is 5.68. The number of rotatable bonds is 8. The molecule has 0 saturated carbocycles. The van der Waals surface area contributed by atoms with Crippen molar-refractivity contribution < 1.29 is 13.3 Å². The van der Waals surface area contributed by atoms with E-state index in [1.165, 1.54) is 0 Å². The third-order valence-corrected chi connectivity index (χ3v) is 8.40. The molecule has 0 amide bonds. The molecule has 0 atom stereocenters. The minimum atomic E-state index is -2.35. The zero-order valence-corrected chi connectivity index (χ0v) is 13.8. The summed E-state index contributed by atoms with van der Waals surface area (Å²) < 4.78 is 18.6. The van der Waals surface area contributed by atoms with Crippen LogP contribution in [0.5, 0.6) is 0 Å². The van der Waals surface area contributed by atoms with E-state index in [9.17, 15) is 0 Å². The zero-order chi connectivity index (χ0) is 12.8. The first-order valence-corrected chi connectivity index (χ1v) is 11.1. The minimum Gasteiger partial charge on any atom is -0.377 e. The van der Waals surface area contributed by atoms with E-state index in [0.717, 1.165) is 19.0 Å². The van der Waals surface area contributed by atoms with Crippen LogP contribution in [0.3, 0.4) is 0 Å². The number of nitrogens with zero attached hydrogens (tertiary/aromatic N) is 1. The Hall–Kier alpha value is 0.274. The van der Waals surface area contributed by atoms with Gasteiger partial charge in [-0.15, -0.1) is 0 Å². The van der Waals surface area contributed by atoms with Gasteiger partial charge in [0.25, 0.3) is 0 Å². The third kappa shape index (κ3) is 5.07. The quantitative estimate of drug-likeness (QED) is 0.628. The third-order valence-electron chi connectivity index (χ3n) is 3.05. The Labute approximate surface area is 102 Å². The summed E-state index contributed by atoms with van der Waals surface area (Å²) in [5, 5.41) is 0. The Kier molecular flexibility index (Phi) is 6.99. The molecule has 0 aliphatic heterocycles. The van der Waals surface area contributed by atoms with Crippen molar-refractivity contribution in [1.82, 2.24) is 4.57 Å². The molecule has 6 heteroatoms. The van der Waals surface area contributed by atoms with E-state index in [-0.39, 0.29) is 0 Å². The molecule has 16 heavy (non-hydrogen) atoms. The number of hydrogen-bond donors (Lipinski definition) is 0. The van der Waals surface area contributed by atoms with Gasteiger partial charge in [-0.1, -0.05) is 19.6 Å². The van der Waals surface area contributed by atoms with Crippen LogP contribution in [0.4, 0.5) is 0 Å². The second kappa shape index (κ2) is 6.88. The van der Waals surface area contributed by atoms with Crippen molar-refractivity contribution >= 4 is 17.0 Å². The highest BCUT2D eigenvalue weighted by molar-refractivity contribution is 6.73. The van der Waals surface area contributed by atoms with Gasteiger partial charge in [-0.3, -0.25) is 0 Å². The van der Waals surface area contributed by atoms with E-state index in [1.54, 1.807) is 21.3 Å². The lowest BCUT2D eigenvalue weighted by molar-refractivity contribution is 0.122. The fourth-order valence-electron chi connectivity index (χ4n) is 1.42. The summed E-state index contributed by atoms with van der Waals surface area (Å²) in [5.41, 5.74) is 0. The Bertz CT molecular complexity index is 185. The standard InChI is InChI=1S/C10H27NO3Si2/c1-11(15(5,6)7)9-8-10-16(12-2,13-3)14-4/h8-10H2,1-7H3. The van der Waals surface area contributed by atoms with Gasteiger partial charge in [0.1, 0.15) is 8.24 Å². The molecule has 0 aromatic heterocycles. The van der Waals surface area contributed by atoms with Gasteiger partial charge >= 0.3 is 8.80 Å². The molecule has 98 valence electrons. The summed E-state index contributed by atoms with van der Waals surface area (Å²) in [6, 6.07) is 0.880. The van der Waals surface area contributed by atoms with E-state index in [1.807, 2.05) is 0 Å². The second-order valence-corrected chi connectivity index (χ2v) is 13.2. The molecule has 0 spiro atoms. The van der Waals surface area contributed by atoms with Crippen molar-refractivity contribution in [2.24, 2.45) is 0 Å². The van der Waals surface area contributed by atoms with Crippen LogP contribution in [0.1, 0.15) is 6.42 Å². The first kappa shape index (κ1) is 16.3. The predicted octanol–water partition coefficient (Wildman–Crippen LogP) is 2.02. The minimum absolute atomic E-state index is 0.880. The van der Waals surface area contributed by atoms with Crippen LogP contribution in [0, 0.1) is 0 Å². The monoisotopic (exact) mass is 265 g/mol. The molecule has 0 unspecified atom stereocenters. The van der Waals surface area contributed by atoms with E-state index in [0.29, 0.717) is 0 Å². The van der Waals surface area contributed by atoms with Crippen molar-refractivity contribution in [2.45, 2.75) is 32.1 Å². The smallest absolute Gasteiger partial charge is 0.377 e. The maximum Gasteiger partial charge on any atom is 0.500 e. The van der Waals surface area contributed by atoms with Crippen LogP contribution in [-0.4, -0.2) is 56.5 Å². The predicted molar refractivity (Wildman–Crippen MR) is 72.2 cm³/mol. The average Bonchev–Trinajstić information content (AvgIpc) is 2.23. The molecule has 0 aliphatic rings. The molecule has 0 fully saturated rings. The van der Waals surface area contributed by atoms with Crippen LogP contribution in [0.15, 0.2) is 0 Å².